The van der Waals surface area contributed by atoms with E-state index < -0.39 is 12.6 Å². The molecule has 0 amide bonds. The summed E-state index contributed by atoms with van der Waals surface area (Å²) in [4.78, 5) is 0. The molecule has 86 valence electrons. The molecule has 0 saturated heterocycles. The van der Waals surface area contributed by atoms with Crippen LogP contribution >= 0.6 is 0 Å². The average Bonchev–Trinajstić information content (AvgIpc) is 2.02. The number of hydrogen-bond acceptors (Lipinski definition) is 2. The minimum absolute atomic E-state index is 0.00152. The number of hydrogen-bond donors (Lipinski definition) is 2. The van der Waals surface area contributed by atoms with Crippen LogP contribution < -0.4 is 10.6 Å². The molecule has 5 heteroatoms. The topological polar surface area (TPSA) is 24.1 Å². The van der Waals surface area contributed by atoms with Crippen molar-refractivity contribution in [3.63, 3.8) is 0 Å². The maximum absolute atomic E-state index is 11.8. The summed E-state index contributed by atoms with van der Waals surface area (Å²) in [5, 5.41) is 5.95. The number of halogens is 3. The minimum atomic E-state index is -4.05. The van der Waals surface area contributed by atoms with Gasteiger partial charge >= 0.3 is 6.18 Å². The SMILES string of the molecule is CCCNCC(C)NCCC(F)(F)F. The van der Waals surface area contributed by atoms with Gasteiger partial charge in [0.25, 0.3) is 0 Å². The molecule has 0 aromatic rings. The Morgan fingerprint density at radius 2 is 1.86 bits per heavy atom. The molecule has 1 unspecified atom stereocenters. The first kappa shape index (κ1) is 13.7. The van der Waals surface area contributed by atoms with Gasteiger partial charge in [-0.1, -0.05) is 6.92 Å². The molecule has 0 bridgehead atoms. The molecule has 0 aliphatic carbocycles. The van der Waals surface area contributed by atoms with E-state index in [0.717, 1.165) is 13.0 Å². The predicted molar refractivity (Wildman–Crippen MR) is 51.3 cm³/mol. The summed E-state index contributed by atoms with van der Waals surface area (Å²) < 4.78 is 35.3. The highest BCUT2D eigenvalue weighted by Gasteiger charge is 2.26. The zero-order valence-electron chi connectivity index (χ0n) is 8.75. The zero-order valence-corrected chi connectivity index (χ0v) is 8.75. The zero-order chi connectivity index (χ0) is 11.0. The van der Waals surface area contributed by atoms with E-state index in [1.54, 1.807) is 0 Å². The summed E-state index contributed by atoms with van der Waals surface area (Å²) in [6, 6.07) is 0.0869. The fourth-order valence-corrected chi connectivity index (χ4v) is 1.03. The molecular formula is C9H19F3N2. The van der Waals surface area contributed by atoms with Crippen LogP contribution in [0.15, 0.2) is 0 Å². The Morgan fingerprint density at radius 3 is 2.36 bits per heavy atom. The molecule has 0 spiro atoms. The largest absolute Gasteiger partial charge is 0.390 e. The summed E-state index contributed by atoms with van der Waals surface area (Å²) >= 11 is 0. The predicted octanol–water partition coefficient (Wildman–Crippen LogP) is 1.92. The minimum Gasteiger partial charge on any atom is -0.315 e. The van der Waals surface area contributed by atoms with E-state index in [1.807, 2.05) is 6.92 Å². The number of alkyl halides is 3. The van der Waals surface area contributed by atoms with Crippen molar-refractivity contribution in [3.05, 3.63) is 0 Å². The van der Waals surface area contributed by atoms with Crippen LogP contribution in [0, 0.1) is 0 Å². The van der Waals surface area contributed by atoms with Gasteiger partial charge in [-0.15, -0.1) is 0 Å². The number of nitrogens with one attached hydrogen (secondary N) is 2. The smallest absolute Gasteiger partial charge is 0.315 e. The molecule has 2 N–H and O–H groups in total. The van der Waals surface area contributed by atoms with Crippen LogP contribution in [0.25, 0.3) is 0 Å². The lowest BCUT2D eigenvalue weighted by Gasteiger charge is -2.15. The van der Waals surface area contributed by atoms with Crippen LogP contribution in [0.1, 0.15) is 26.7 Å². The van der Waals surface area contributed by atoms with Crippen molar-refractivity contribution in [3.8, 4) is 0 Å². The highest BCUT2D eigenvalue weighted by molar-refractivity contribution is 4.64. The molecule has 0 radical (unpaired) electrons. The Kier molecular flexibility index (Phi) is 6.92. The van der Waals surface area contributed by atoms with Gasteiger partial charge in [0.2, 0.25) is 0 Å². The third-order valence-corrected chi connectivity index (χ3v) is 1.78. The normalized spacial score (nSPS) is 14.4. The van der Waals surface area contributed by atoms with Gasteiger partial charge in [0, 0.05) is 19.1 Å². The van der Waals surface area contributed by atoms with Crippen LogP contribution in [0.5, 0.6) is 0 Å². The summed E-state index contributed by atoms with van der Waals surface area (Å²) in [5.41, 5.74) is 0. The van der Waals surface area contributed by atoms with E-state index in [1.165, 1.54) is 0 Å². The third kappa shape index (κ3) is 9.80. The molecule has 0 heterocycles. The van der Waals surface area contributed by atoms with Crippen LogP contribution in [0.4, 0.5) is 13.2 Å². The molecular weight excluding hydrogens is 193 g/mol. The highest BCUT2D eigenvalue weighted by atomic mass is 19.4. The molecule has 0 fully saturated rings. The van der Waals surface area contributed by atoms with Gasteiger partial charge in [0.1, 0.15) is 0 Å². The van der Waals surface area contributed by atoms with Crippen molar-refractivity contribution in [1.29, 1.82) is 0 Å². The molecule has 0 aromatic heterocycles. The standard InChI is InChI=1S/C9H19F3N2/c1-3-5-13-7-8(2)14-6-4-9(10,11)12/h8,13-14H,3-7H2,1-2H3. The van der Waals surface area contributed by atoms with Crippen LogP contribution in [-0.2, 0) is 0 Å². The summed E-state index contributed by atoms with van der Waals surface area (Å²) in [6.07, 6.45) is -3.77. The molecule has 14 heavy (non-hydrogen) atoms. The second-order valence-corrected chi connectivity index (χ2v) is 3.42. The average molecular weight is 212 g/mol. The first-order valence-corrected chi connectivity index (χ1v) is 4.96. The van der Waals surface area contributed by atoms with Crippen molar-refractivity contribution in [2.24, 2.45) is 0 Å². The van der Waals surface area contributed by atoms with Crippen molar-refractivity contribution in [2.75, 3.05) is 19.6 Å². The lowest BCUT2D eigenvalue weighted by Crippen LogP contribution is -2.38. The maximum Gasteiger partial charge on any atom is 0.390 e. The van der Waals surface area contributed by atoms with Gasteiger partial charge < -0.3 is 10.6 Å². The lowest BCUT2D eigenvalue weighted by molar-refractivity contribution is -0.133. The molecule has 0 saturated carbocycles. The molecule has 0 aliphatic rings. The monoisotopic (exact) mass is 212 g/mol. The summed E-state index contributed by atoms with van der Waals surface area (Å²) in [5.74, 6) is 0. The van der Waals surface area contributed by atoms with E-state index in [-0.39, 0.29) is 12.6 Å². The second kappa shape index (κ2) is 7.06. The molecule has 0 aliphatic heterocycles. The fourth-order valence-electron chi connectivity index (χ4n) is 1.03. The molecule has 0 aromatic carbocycles. The van der Waals surface area contributed by atoms with Crippen LogP contribution in [0.2, 0.25) is 0 Å². The summed E-state index contributed by atoms with van der Waals surface area (Å²) in [6.45, 7) is 5.54. The summed E-state index contributed by atoms with van der Waals surface area (Å²) in [7, 11) is 0. The van der Waals surface area contributed by atoms with Crippen LogP contribution in [-0.4, -0.2) is 31.9 Å². The van der Waals surface area contributed by atoms with Gasteiger partial charge in [-0.05, 0) is 19.9 Å². The highest BCUT2D eigenvalue weighted by Crippen LogP contribution is 2.18. The van der Waals surface area contributed by atoms with E-state index >= 15 is 0 Å². The Labute approximate surface area is 83.3 Å². The molecule has 1 atom stereocenters. The van der Waals surface area contributed by atoms with Gasteiger partial charge in [-0.25, -0.2) is 0 Å². The Balaban J connectivity index is 3.31. The van der Waals surface area contributed by atoms with Crippen molar-refractivity contribution < 1.29 is 13.2 Å². The van der Waals surface area contributed by atoms with E-state index in [0.29, 0.717) is 6.54 Å². The molecule has 0 rings (SSSR count). The third-order valence-electron chi connectivity index (χ3n) is 1.78. The van der Waals surface area contributed by atoms with Crippen molar-refractivity contribution >= 4 is 0 Å². The van der Waals surface area contributed by atoms with Gasteiger partial charge in [0.05, 0.1) is 6.42 Å². The molecule has 2 nitrogen and oxygen atoms in total. The van der Waals surface area contributed by atoms with Gasteiger partial charge in [-0.2, -0.15) is 13.2 Å². The fraction of sp³-hybridized carbons (Fsp3) is 1.00. The first-order valence-electron chi connectivity index (χ1n) is 4.96. The van der Waals surface area contributed by atoms with E-state index in [9.17, 15) is 13.2 Å². The first-order chi connectivity index (χ1) is 6.45. The van der Waals surface area contributed by atoms with E-state index in [2.05, 4.69) is 17.6 Å². The second-order valence-electron chi connectivity index (χ2n) is 3.42. The Morgan fingerprint density at radius 1 is 1.21 bits per heavy atom. The lowest BCUT2D eigenvalue weighted by atomic mass is 10.3. The van der Waals surface area contributed by atoms with Gasteiger partial charge in [-0.3, -0.25) is 0 Å². The maximum atomic E-state index is 11.8. The van der Waals surface area contributed by atoms with Gasteiger partial charge in [0.15, 0.2) is 0 Å². The van der Waals surface area contributed by atoms with Crippen molar-refractivity contribution in [1.82, 2.24) is 10.6 Å². The quantitative estimate of drug-likeness (QED) is 0.630. The van der Waals surface area contributed by atoms with Crippen molar-refractivity contribution in [2.45, 2.75) is 38.9 Å². The Bertz CT molecular complexity index is 137. The number of rotatable bonds is 7. The van der Waals surface area contributed by atoms with Crippen LogP contribution in [0.3, 0.4) is 0 Å². The van der Waals surface area contributed by atoms with E-state index in [4.69, 9.17) is 0 Å². The Hall–Kier alpha value is -0.290.